The molecule has 1 heterocycles. The van der Waals surface area contributed by atoms with Crippen molar-refractivity contribution in [1.29, 1.82) is 0 Å². The molecule has 0 bridgehead atoms. The second-order valence-corrected chi connectivity index (χ2v) is 9.66. The highest BCUT2D eigenvalue weighted by atomic mass is 32.2. The average Bonchev–Trinajstić information content (AvgIpc) is 2.62. The molecule has 5 nitrogen and oxygen atoms in total. The van der Waals surface area contributed by atoms with Crippen molar-refractivity contribution in [2.75, 3.05) is 18.4 Å². The van der Waals surface area contributed by atoms with Gasteiger partial charge in [0.2, 0.25) is 15.9 Å². The van der Waals surface area contributed by atoms with Gasteiger partial charge in [-0.3, -0.25) is 4.79 Å². The van der Waals surface area contributed by atoms with Gasteiger partial charge in [0.05, 0.1) is 10.8 Å². The highest BCUT2D eigenvalue weighted by Gasteiger charge is 2.34. The van der Waals surface area contributed by atoms with E-state index in [0.29, 0.717) is 24.3 Å². The molecular formula is C22H28N2O3S. The van der Waals surface area contributed by atoms with Crippen molar-refractivity contribution in [2.45, 2.75) is 45.4 Å². The molecule has 1 atom stereocenters. The summed E-state index contributed by atoms with van der Waals surface area (Å²) >= 11 is 0. The van der Waals surface area contributed by atoms with Gasteiger partial charge in [-0.1, -0.05) is 35.4 Å². The highest BCUT2D eigenvalue weighted by Crippen LogP contribution is 2.29. The molecule has 0 aromatic heterocycles. The molecule has 0 radical (unpaired) electrons. The molecule has 1 amide bonds. The number of anilines is 1. The quantitative estimate of drug-likeness (QED) is 0.845. The Hall–Kier alpha value is -2.18. The largest absolute Gasteiger partial charge is 0.326 e. The fourth-order valence-corrected chi connectivity index (χ4v) is 5.89. The smallest absolute Gasteiger partial charge is 0.243 e. The second-order valence-electron chi connectivity index (χ2n) is 7.79. The van der Waals surface area contributed by atoms with Crippen LogP contribution in [0.1, 0.15) is 35.1 Å². The number of piperidine rings is 1. The zero-order valence-electron chi connectivity index (χ0n) is 17.0. The van der Waals surface area contributed by atoms with E-state index in [0.717, 1.165) is 27.9 Å². The van der Waals surface area contributed by atoms with Crippen LogP contribution in [-0.2, 0) is 14.8 Å². The lowest BCUT2D eigenvalue weighted by Crippen LogP contribution is -2.44. The normalized spacial score (nSPS) is 18.1. The number of nitrogens with zero attached hydrogens (tertiary/aromatic N) is 1. The van der Waals surface area contributed by atoms with E-state index < -0.39 is 10.0 Å². The maximum Gasteiger partial charge on any atom is 0.243 e. The van der Waals surface area contributed by atoms with Crippen molar-refractivity contribution in [3.05, 3.63) is 58.7 Å². The first-order valence-electron chi connectivity index (χ1n) is 9.64. The molecule has 1 N–H and O–H groups in total. The van der Waals surface area contributed by atoms with E-state index in [1.54, 1.807) is 0 Å². The van der Waals surface area contributed by atoms with Crippen LogP contribution in [0, 0.1) is 33.6 Å². The summed E-state index contributed by atoms with van der Waals surface area (Å²) in [5, 5.41) is 2.92. The van der Waals surface area contributed by atoms with Crippen LogP contribution < -0.4 is 5.32 Å². The Balaban J connectivity index is 1.79. The standard InChI is InChI=1S/C22H28N2O3S/c1-15-7-9-20(10-8-15)23-22(25)19-6-5-11-24(14-19)28(26,27)21-17(3)12-16(2)13-18(21)4/h7-10,12-13,19H,5-6,11,14H2,1-4H3,(H,23,25). The zero-order chi connectivity index (χ0) is 20.5. The SMILES string of the molecule is Cc1ccc(NC(=O)C2CCCN(S(=O)(=O)c3c(C)cc(C)cc3C)C2)cc1. The number of amides is 1. The minimum Gasteiger partial charge on any atom is -0.326 e. The second kappa shape index (κ2) is 8.05. The van der Waals surface area contributed by atoms with E-state index >= 15 is 0 Å². The number of aryl methyl sites for hydroxylation is 4. The van der Waals surface area contributed by atoms with E-state index in [2.05, 4.69) is 5.32 Å². The number of benzene rings is 2. The Morgan fingerprint density at radius 2 is 1.61 bits per heavy atom. The van der Waals surface area contributed by atoms with Gasteiger partial charge in [-0.05, 0) is 63.8 Å². The van der Waals surface area contributed by atoms with Crippen LogP contribution in [0.4, 0.5) is 5.69 Å². The molecule has 1 saturated heterocycles. The Morgan fingerprint density at radius 1 is 1.00 bits per heavy atom. The Kier molecular flexibility index (Phi) is 5.91. The number of hydrogen-bond acceptors (Lipinski definition) is 3. The number of carbonyl (C=O) groups is 1. The molecule has 6 heteroatoms. The van der Waals surface area contributed by atoms with E-state index in [1.165, 1.54) is 4.31 Å². The predicted molar refractivity (Wildman–Crippen MR) is 112 cm³/mol. The Bertz CT molecular complexity index is 958. The van der Waals surface area contributed by atoms with Crippen LogP contribution in [-0.4, -0.2) is 31.7 Å². The minimum atomic E-state index is -3.63. The van der Waals surface area contributed by atoms with Crippen LogP contribution in [0.15, 0.2) is 41.3 Å². The van der Waals surface area contributed by atoms with Gasteiger partial charge in [0.15, 0.2) is 0 Å². The average molecular weight is 401 g/mol. The Morgan fingerprint density at radius 3 is 2.21 bits per heavy atom. The number of sulfonamides is 1. The van der Waals surface area contributed by atoms with E-state index in [4.69, 9.17) is 0 Å². The molecular weight excluding hydrogens is 372 g/mol. The maximum atomic E-state index is 13.3. The lowest BCUT2D eigenvalue weighted by atomic mass is 9.98. The van der Waals surface area contributed by atoms with Gasteiger partial charge in [0, 0.05) is 18.8 Å². The third kappa shape index (κ3) is 4.28. The first-order chi connectivity index (χ1) is 13.2. The van der Waals surface area contributed by atoms with Crippen molar-refractivity contribution < 1.29 is 13.2 Å². The molecule has 0 saturated carbocycles. The lowest BCUT2D eigenvalue weighted by molar-refractivity contribution is -0.120. The number of hydrogen-bond donors (Lipinski definition) is 1. The van der Waals surface area contributed by atoms with E-state index in [9.17, 15) is 13.2 Å². The van der Waals surface area contributed by atoms with Crippen molar-refractivity contribution in [1.82, 2.24) is 4.31 Å². The van der Waals surface area contributed by atoms with Crippen molar-refractivity contribution in [2.24, 2.45) is 5.92 Å². The van der Waals surface area contributed by atoms with Crippen LogP contribution in [0.3, 0.4) is 0 Å². The number of nitrogens with one attached hydrogen (secondary N) is 1. The molecule has 2 aromatic rings. The van der Waals surface area contributed by atoms with Gasteiger partial charge in [-0.25, -0.2) is 8.42 Å². The summed E-state index contributed by atoms with van der Waals surface area (Å²) in [6.07, 6.45) is 1.37. The fourth-order valence-electron chi connectivity index (χ4n) is 3.96. The molecule has 3 rings (SSSR count). The minimum absolute atomic E-state index is 0.124. The van der Waals surface area contributed by atoms with E-state index in [-0.39, 0.29) is 18.4 Å². The van der Waals surface area contributed by atoms with E-state index in [1.807, 2.05) is 64.1 Å². The van der Waals surface area contributed by atoms with Crippen LogP contribution in [0.5, 0.6) is 0 Å². The van der Waals surface area contributed by atoms with Gasteiger partial charge in [-0.2, -0.15) is 4.31 Å². The van der Waals surface area contributed by atoms with Crippen molar-refractivity contribution in [3.8, 4) is 0 Å². The maximum absolute atomic E-state index is 13.3. The summed E-state index contributed by atoms with van der Waals surface area (Å²) in [5.74, 6) is -0.475. The molecule has 2 aromatic carbocycles. The molecule has 1 fully saturated rings. The van der Waals surface area contributed by atoms with Gasteiger partial charge in [-0.15, -0.1) is 0 Å². The summed E-state index contributed by atoms with van der Waals surface area (Å²) in [5.41, 5.74) is 4.41. The van der Waals surface area contributed by atoms with Crippen LogP contribution in [0.2, 0.25) is 0 Å². The fraction of sp³-hybridized carbons (Fsp3) is 0.409. The van der Waals surface area contributed by atoms with Gasteiger partial charge in [0.1, 0.15) is 0 Å². The van der Waals surface area contributed by atoms with Crippen LogP contribution >= 0.6 is 0 Å². The molecule has 150 valence electrons. The first-order valence-corrected chi connectivity index (χ1v) is 11.1. The molecule has 1 aliphatic heterocycles. The first kappa shape index (κ1) is 20.6. The van der Waals surface area contributed by atoms with Crippen molar-refractivity contribution in [3.63, 3.8) is 0 Å². The summed E-state index contributed by atoms with van der Waals surface area (Å²) < 4.78 is 28.1. The molecule has 1 aliphatic rings. The summed E-state index contributed by atoms with van der Waals surface area (Å²) in [4.78, 5) is 13.1. The van der Waals surface area contributed by atoms with Gasteiger partial charge >= 0.3 is 0 Å². The summed E-state index contributed by atoms with van der Waals surface area (Å²) in [6, 6.07) is 11.4. The number of carbonyl (C=O) groups excluding carboxylic acids is 1. The zero-order valence-corrected chi connectivity index (χ0v) is 17.8. The third-order valence-electron chi connectivity index (χ3n) is 5.28. The van der Waals surface area contributed by atoms with Gasteiger partial charge < -0.3 is 5.32 Å². The molecule has 0 spiro atoms. The summed E-state index contributed by atoms with van der Waals surface area (Å²) in [7, 11) is -3.63. The topological polar surface area (TPSA) is 66.5 Å². The third-order valence-corrected chi connectivity index (χ3v) is 7.45. The molecule has 28 heavy (non-hydrogen) atoms. The molecule has 0 aliphatic carbocycles. The number of rotatable bonds is 4. The Labute approximate surface area is 167 Å². The predicted octanol–water partition coefficient (Wildman–Crippen LogP) is 3.96. The highest BCUT2D eigenvalue weighted by molar-refractivity contribution is 7.89. The molecule has 1 unspecified atom stereocenters. The monoisotopic (exact) mass is 400 g/mol. The lowest BCUT2D eigenvalue weighted by Gasteiger charge is -2.32. The summed E-state index contributed by atoms with van der Waals surface area (Å²) in [6.45, 7) is 8.28. The van der Waals surface area contributed by atoms with Gasteiger partial charge in [0.25, 0.3) is 0 Å². The van der Waals surface area contributed by atoms with Crippen LogP contribution in [0.25, 0.3) is 0 Å². The van der Waals surface area contributed by atoms with Crippen molar-refractivity contribution >= 4 is 21.6 Å².